The van der Waals surface area contributed by atoms with Crippen molar-refractivity contribution in [1.29, 1.82) is 10.8 Å². The summed E-state index contributed by atoms with van der Waals surface area (Å²) in [7, 11) is 1.47. The van der Waals surface area contributed by atoms with E-state index < -0.39 is 24.0 Å². The standard InChI is InChI=1S/C13H18N6O3/c1-22-10-5-18-12(19(16)6-14)2-8-13(10)7(4-17-8)9(20)3-11(15)21/h4-6,8,13-14,17H,2-3,16H2,1H3,(H2,15,21)/p-1/t8?,13-/m1/s1. The van der Waals surface area contributed by atoms with Crippen LogP contribution in [0, 0.1) is 16.7 Å². The molecule has 0 fully saturated rings. The Morgan fingerprint density at radius 1 is 1.73 bits per heavy atom. The van der Waals surface area contributed by atoms with Crippen molar-refractivity contribution in [3.05, 3.63) is 23.7 Å². The average Bonchev–Trinajstić information content (AvgIpc) is 2.80. The van der Waals surface area contributed by atoms with E-state index in [0.29, 0.717) is 23.6 Å². The minimum atomic E-state index is -0.931. The highest BCUT2D eigenvalue weighted by Crippen LogP contribution is 2.33. The molecule has 0 amide bonds. The minimum absolute atomic E-state index is 0.224. The van der Waals surface area contributed by atoms with Crippen LogP contribution < -0.4 is 16.3 Å². The Morgan fingerprint density at radius 2 is 2.45 bits per heavy atom. The quantitative estimate of drug-likeness (QED) is 0.217. The number of rotatable bonds is 5. The van der Waals surface area contributed by atoms with E-state index in [0.717, 1.165) is 11.3 Å². The molecule has 22 heavy (non-hydrogen) atoms. The molecule has 0 spiro atoms. The predicted octanol–water partition coefficient (Wildman–Crippen LogP) is -1.17. The number of aliphatic imine (C=N–C) groups is 1. The van der Waals surface area contributed by atoms with Gasteiger partial charge in [0.1, 0.15) is 17.9 Å². The number of Topliss-reactive ketones (excluding diaryl/α,β-unsaturated/α-hetero) is 1. The van der Waals surface area contributed by atoms with Crippen molar-refractivity contribution in [3.8, 4) is 0 Å². The van der Waals surface area contributed by atoms with Crippen LogP contribution in [0.1, 0.15) is 12.8 Å². The second-order valence-corrected chi connectivity index (χ2v) is 4.90. The number of hydrazine groups is 1. The molecule has 2 aliphatic heterocycles. The van der Waals surface area contributed by atoms with E-state index in [1.54, 1.807) is 6.20 Å². The highest BCUT2D eigenvalue weighted by atomic mass is 16.5. The molecule has 0 radical (unpaired) electrons. The van der Waals surface area contributed by atoms with E-state index in [2.05, 4.69) is 10.3 Å². The number of nitrogens with one attached hydrogen (secondary N) is 3. The van der Waals surface area contributed by atoms with E-state index in [1.165, 1.54) is 13.3 Å². The van der Waals surface area contributed by atoms with Crippen LogP contribution in [-0.4, -0.2) is 42.0 Å². The zero-order valence-electron chi connectivity index (χ0n) is 12.0. The number of ketones is 1. The van der Waals surface area contributed by atoms with Gasteiger partial charge in [0.05, 0.1) is 19.2 Å². The summed E-state index contributed by atoms with van der Waals surface area (Å²) in [6.45, 7) is 0. The largest absolute Gasteiger partial charge is 0.862 e. The van der Waals surface area contributed by atoms with E-state index in [9.17, 15) is 9.90 Å². The van der Waals surface area contributed by atoms with Crippen molar-refractivity contribution in [1.82, 2.24) is 10.3 Å². The summed E-state index contributed by atoms with van der Waals surface area (Å²) in [5.41, 5.74) is 0.383. The number of hydrogen-bond acceptors (Lipinski definition) is 8. The first kappa shape index (κ1) is 15.7. The lowest BCUT2D eigenvalue weighted by molar-refractivity contribution is -0.219. The van der Waals surface area contributed by atoms with Crippen LogP contribution in [0.5, 0.6) is 0 Å². The van der Waals surface area contributed by atoms with Crippen LogP contribution in [0.3, 0.4) is 0 Å². The van der Waals surface area contributed by atoms with Gasteiger partial charge < -0.3 is 20.6 Å². The number of nitrogens with zero attached hydrogens (tertiary/aromatic N) is 2. The molecule has 2 aliphatic rings. The van der Waals surface area contributed by atoms with Gasteiger partial charge in [-0.2, -0.15) is 0 Å². The van der Waals surface area contributed by atoms with Crippen molar-refractivity contribution in [2.45, 2.75) is 18.9 Å². The fourth-order valence-electron chi connectivity index (χ4n) is 2.52. The minimum Gasteiger partial charge on any atom is -0.862 e. The first-order chi connectivity index (χ1) is 10.5. The zero-order chi connectivity index (χ0) is 16.3. The van der Waals surface area contributed by atoms with Gasteiger partial charge in [0, 0.05) is 30.7 Å². The Bertz CT molecular complexity index is 595. The average molecular weight is 305 g/mol. The number of carbonyl (C=O) groups excluding carboxylic acids is 1. The third-order valence-corrected chi connectivity index (χ3v) is 3.56. The van der Waals surface area contributed by atoms with E-state index in [-0.39, 0.29) is 6.04 Å². The molecule has 2 atom stereocenters. The summed E-state index contributed by atoms with van der Waals surface area (Å²) in [5, 5.41) is 29.1. The van der Waals surface area contributed by atoms with Crippen molar-refractivity contribution < 1.29 is 14.6 Å². The van der Waals surface area contributed by atoms with Gasteiger partial charge in [-0.3, -0.25) is 15.2 Å². The molecule has 0 aliphatic carbocycles. The highest BCUT2D eigenvalue weighted by Gasteiger charge is 2.39. The molecular weight excluding hydrogens is 288 g/mol. The van der Waals surface area contributed by atoms with Crippen LogP contribution >= 0.6 is 0 Å². The van der Waals surface area contributed by atoms with E-state index >= 15 is 0 Å². The third-order valence-electron chi connectivity index (χ3n) is 3.56. The summed E-state index contributed by atoms with van der Waals surface area (Å²) in [6.07, 6.45) is 3.85. The first-order valence-electron chi connectivity index (χ1n) is 6.57. The molecule has 1 unspecified atom stereocenters. The number of amidine groups is 1. The fourth-order valence-corrected chi connectivity index (χ4v) is 2.52. The Kier molecular flexibility index (Phi) is 4.56. The molecule has 0 aromatic heterocycles. The smallest absolute Gasteiger partial charge is 0.165 e. The topological polar surface area (TPSA) is 151 Å². The van der Waals surface area contributed by atoms with E-state index in [1.807, 2.05) is 0 Å². The van der Waals surface area contributed by atoms with Crippen molar-refractivity contribution in [3.63, 3.8) is 0 Å². The normalized spacial score (nSPS) is 23.1. The zero-order valence-corrected chi connectivity index (χ0v) is 12.0. The number of nitrogens with two attached hydrogens (primary N) is 1. The molecule has 2 heterocycles. The van der Waals surface area contributed by atoms with Crippen molar-refractivity contribution in [2.24, 2.45) is 16.8 Å². The molecule has 2 rings (SSSR count). The molecule has 9 nitrogen and oxygen atoms in total. The lowest BCUT2D eigenvalue weighted by atomic mass is 9.88. The van der Waals surface area contributed by atoms with Crippen LogP contribution in [0.2, 0.25) is 0 Å². The number of ether oxygens (including phenoxy) is 1. The molecule has 5 N–H and O–H groups in total. The number of fused-ring (bicyclic) bond motifs is 1. The molecule has 0 bridgehead atoms. The molecule has 0 saturated carbocycles. The van der Waals surface area contributed by atoms with Crippen LogP contribution in [0.15, 0.2) is 28.7 Å². The second-order valence-electron chi connectivity index (χ2n) is 4.90. The van der Waals surface area contributed by atoms with Crippen LogP contribution in [0.25, 0.3) is 0 Å². The molecule has 0 aromatic carbocycles. The van der Waals surface area contributed by atoms with Gasteiger partial charge >= 0.3 is 0 Å². The number of carbonyl (C=O) groups is 1. The van der Waals surface area contributed by atoms with Crippen LogP contribution in [-0.2, 0) is 9.53 Å². The highest BCUT2D eigenvalue weighted by molar-refractivity contribution is 6.06. The summed E-state index contributed by atoms with van der Waals surface area (Å²) < 4.78 is 5.30. The van der Waals surface area contributed by atoms with Gasteiger partial charge in [0.25, 0.3) is 0 Å². The Labute approximate surface area is 127 Å². The molecular formula is C13H17N6O3-. The summed E-state index contributed by atoms with van der Waals surface area (Å²) in [4.78, 5) is 16.3. The van der Waals surface area contributed by atoms with Crippen molar-refractivity contribution >= 4 is 23.9 Å². The Morgan fingerprint density at radius 3 is 3.05 bits per heavy atom. The maximum atomic E-state index is 12.1. The van der Waals surface area contributed by atoms with Crippen LogP contribution in [0.4, 0.5) is 0 Å². The summed E-state index contributed by atoms with van der Waals surface area (Å²) in [5.74, 6) is 4.81. The van der Waals surface area contributed by atoms with Gasteiger partial charge in [-0.15, -0.1) is 0 Å². The lowest BCUT2D eigenvalue weighted by Gasteiger charge is -2.23. The monoisotopic (exact) mass is 305 g/mol. The first-order valence-corrected chi connectivity index (χ1v) is 6.57. The number of hydrogen-bond donors (Lipinski definition) is 4. The van der Waals surface area contributed by atoms with Crippen molar-refractivity contribution in [2.75, 3.05) is 7.11 Å². The molecule has 9 heteroatoms. The van der Waals surface area contributed by atoms with Gasteiger partial charge in [0.15, 0.2) is 5.78 Å². The van der Waals surface area contributed by atoms with Gasteiger partial charge in [-0.25, -0.2) is 10.8 Å². The molecule has 118 valence electrons. The lowest BCUT2D eigenvalue weighted by Crippen LogP contribution is -2.41. The summed E-state index contributed by atoms with van der Waals surface area (Å²) in [6, 6.07) is -0.224. The fraction of sp³-hybridized carbons (Fsp3) is 0.385. The van der Waals surface area contributed by atoms with Gasteiger partial charge in [-0.05, 0) is 5.90 Å². The second kappa shape index (κ2) is 6.39. The maximum Gasteiger partial charge on any atom is 0.165 e. The predicted molar refractivity (Wildman–Crippen MR) is 77.8 cm³/mol. The maximum absolute atomic E-state index is 12.1. The summed E-state index contributed by atoms with van der Waals surface area (Å²) >= 11 is 0. The number of methoxy groups -OCH3 is 1. The SMILES string of the molecule is COC1=CN=C(N(N)C=N)CC2NC=C(C(=O)CC(=N)[O-])[C@@H]12. The molecule has 0 aromatic rings. The Balaban J connectivity index is 2.27. The third kappa shape index (κ3) is 2.98. The van der Waals surface area contributed by atoms with Gasteiger partial charge in [0.2, 0.25) is 0 Å². The molecule has 0 saturated heterocycles. The Hall–Kier alpha value is -2.68. The van der Waals surface area contributed by atoms with E-state index in [4.69, 9.17) is 21.4 Å². The van der Waals surface area contributed by atoms with Gasteiger partial charge in [-0.1, -0.05) is 0 Å².